The van der Waals surface area contributed by atoms with Gasteiger partial charge >= 0.3 is 12.1 Å². The molecule has 2 unspecified atom stereocenters. The number of carboxylic acid groups (broad SMARTS) is 1. The van der Waals surface area contributed by atoms with Crippen LogP contribution in [0.5, 0.6) is 0 Å². The molecular weight excluding hydrogens is 432 g/mol. The number of piperidine rings is 1. The number of carbonyl (C=O) groups excluding carboxylic acids is 2. The Balaban J connectivity index is 1.37. The summed E-state index contributed by atoms with van der Waals surface area (Å²) in [5.74, 6) is -1.80. The fourth-order valence-corrected chi connectivity index (χ4v) is 5.12. The highest BCUT2D eigenvalue weighted by atomic mass is 16.5. The summed E-state index contributed by atoms with van der Waals surface area (Å²) >= 11 is 0. The number of carboxylic acids is 1. The SMILES string of the molecule is CC(C)C(CNC(=O)OCC1c2ccccc2-c2ccccc21)C(=O)N1CCCCC1C(=O)O. The third kappa shape index (κ3) is 4.79. The molecule has 0 radical (unpaired) electrons. The lowest BCUT2D eigenvalue weighted by Crippen LogP contribution is -2.52. The van der Waals surface area contributed by atoms with Gasteiger partial charge in [0.15, 0.2) is 0 Å². The van der Waals surface area contributed by atoms with Crippen molar-refractivity contribution in [2.24, 2.45) is 11.8 Å². The minimum Gasteiger partial charge on any atom is -0.480 e. The number of rotatable bonds is 7. The predicted molar refractivity (Wildman–Crippen MR) is 128 cm³/mol. The van der Waals surface area contributed by atoms with Crippen molar-refractivity contribution in [2.75, 3.05) is 19.7 Å². The van der Waals surface area contributed by atoms with Crippen molar-refractivity contribution in [1.82, 2.24) is 10.2 Å². The maximum atomic E-state index is 13.2. The molecule has 2 aliphatic rings. The van der Waals surface area contributed by atoms with Crippen molar-refractivity contribution in [2.45, 2.75) is 45.1 Å². The zero-order chi connectivity index (χ0) is 24.2. The van der Waals surface area contributed by atoms with E-state index >= 15 is 0 Å². The first-order chi connectivity index (χ1) is 16.4. The van der Waals surface area contributed by atoms with Crippen LogP contribution in [0.25, 0.3) is 11.1 Å². The maximum Gasteiger partial charge on any atom is 0.407 e. The van der Waals surface area contributed by atoms with Crippen molar-refractivity contribution >= 4 is 18.0 Å². The summed E-state index contributed by atoms with van der Waals surface area (Å²) in [6, 6.07) is 15.5. The minimum atomic E-state index is -0.972. The average Bonchev–Trinajstić information content (AvgIpc) is 3.16. The number of hydrogen-bond donors (Lipinski definition) is 2. The standard InChI is InChI=1S/C27H32N2O5/c1-17(2)22(25(30)29-14-8-7-13-24(29)26(31)32)15-28-27(33)34-16-23-20-11-5-3-9-18(20)19-10-4-6-12-21(19)23/h3-6,9-12,17,22-24H,7-8,13-16H2,1-2H3,(H,28,33)(H,31,32). The zero-order valence-electron chi connectivity index (χ0n) is 19.7. The third-order valence-electron chi connectivity index (χ3n) is 7.00. The number of ether oxygens (including phenoxy) is 1. The number of amides is 2. The molecule has 2 amide bonds. The first kappa shape index (κ1) is 23.8. The van der Waals surface area contributed by atoms with E-state index in [0.717, 1.165) is 35.1 Å². The molecule has 180 valence electrons. The van der Waals surface area contributed by atoms with Crippen LogP contribution in [0.2, 0.25) is 0 Å². The fourth-order valence-electron chi connectivity index (χ4n) is 5.12. The summed E-state index contributed by atoms with van der Waals surface area (Å²) in [6.45, 7) is 4.55. The van der Waals surface area contributed by atoms with Gasteiger partial charge in [-0.25, -0.2) is 9.59 Å². The number of nitrogens with zero attached hydrogens (tertiary/aromatic N) is 1. The Kier molecular flexibility index (Phi) is 7.20. The van der Waals surface area contributed by atoms with Crippen molar-refractivity contribution in [3.63, 3.8) is 0 Å². The number of aliphatic carboxylic acids is 1. The van der Waals surface area contributed by atoms with Crippen LogP contribution in [0.4, 0.5) is 4.79 Å². The van der Waals surface area contributed by atoms with Crippen LogP contribution in [0.15, 0.2) is 48.5 Å². The molecule has 34 heavy (non-hydrogen) atoms. The van der Waals surface area contributed by atoms with Crippen LogP contribution in [-0.4, -0.2) is 53.7 Å². The van der Waals surface area contributed by atoms with Crippen molar-refractivity contribution in [3.8, 4) is 11.1 Å². The van der Waals surface area contributed by atoms with Crippen LogP contribution >= 0.6 is 0 Å². The van der Waals surface area contributed by atoms with Crippen molar-refractivity contribution < 1.29 is 24.2 Å². The van der Waals surface area contributed by atoms with Gasteiger partial charge in [-0.1, -0.05) is 62.4 Å². The monoisotopic (exact) mass is 464 g/mol. The summed E-state index contributed by atoms with van der Waals surface area (Å²) in [7, 11) is 0. The molecule has 2 aromatic rings. The van der Waals surface area contributed by atoms with E-state index in [9.17, 15) is 19.5 Å². The quantitative estimate of drug-likeness (QED) is 0.638. The lowest BCUT2D eigenvalue weighted by Gasteiger charge is -2.36. The van der Waals surface area contributed by atoms with Gasteiger partial charge in [-0.15, -0.1) is 0 Å². The van der Waals surface area contributed by atoms with Crippen LogP contribution < -0.4 is 5.32 Å². The summed E-state index contributed by atoms with van der Waals surface area (Å²) in [6.07, 6.45) is 1.48. The van der Waals surface area contributed by atoms with E-state index < -0.39 is 24.0 Å². The Bertz CT molecular complexity index is 1020. The molecule has 0 bridgehead atoms. The number of alkyl carbamates (subject to hydrolysis) is 1. The summed E-state index contributed by atoms with van der Waals surface area (Å²) in [5, 5.41) is 12.3. The molecule has 2 N–H and O–H groups in total. The topological polar surface area (TPSA) is 95.9 Å². The highest BCUT2D eigenvalue weighted by Crippen LogP contribution is 2.44. The van der Waals surface area contributed by atoms with Gasteiger partial charge in [-0.3, -0.25) is 4.79 Å². The van der Waals surface area contributed by atoms with E-state index in [1.807, 2.05) is 38.1 Å². The molecule has 0 spiro atoms. The summed E-state index contributed by atoms with van der Waals surface area (Å²) < 4.78 is 5.59. The number of carbonyl (C=O) groups is 3. The number of fused-ring (bicyclic) bond motifs is 3. The molecule has 1 aliphatic heterocycles. The van der Waals surface area contributed by atoms with Gasteiger partial charge in [0, 0.05) is 19.0 Å². The second kappa shape index (κ2) is 10.3. The second-order valence-corrected chi connectivity index (χ2v) is 9.44. The minimum absolute atomic E-state index is 0.0367. The Labute approximate surface area is 200 Å². The smallest absolute Gasteiger partial charge is 0.407 e. The Hall–Kier alpha value is -3.35. The third-order valence-corrected chi connectivity index (χ3v) is 7.00. The van der Waals surface area contributed by atoms with E-state index in [1.54, 1.807) is 0 Å². The Morgan fingerprint density at radius 1 is 1.03 bits per heavy atom. The second-order valence-electron chi connectivity index (χ2n) is 9.44. The molecule has 1 heterocycles. The normalized spacial score (nSPS) is 18.2. The van der Waals surface area contributed by atoms with Gasteiger partial charge < -0.3 is 20.1 Å². The fraction of sp³-hybridized carbons (Fsp3) is 0.444. The van der Waals surface area contributed by atoms with Crippen molar-refractivity contribution in [3.05, 3.63) is 59.7 Å². The highest BCUT2D eigenvalue weighted by Gasteiger charge is 2.36. The molecule has 4 rings (SSSR count). The van der Waals surface area contributed by atoms with Gasteiger partial charge in [0.25, 0.3) is 0 Å². The molecule has 1 fully saturated rings. The van der Waals surface area contributed by atoms with Crippen molar-refractivity contribution in [1.29, 1.82) is 0 Å². The number of nitrogens with one attached hydrogen (secondary N) is 1. The lowest BCUT2D eigenvalue weighted by molar-refractivity contribution is -0.154. The van der Waals surface area contributed by atoms with E-state index in [1.165, 1.54) is 4.90 Å². The largest absolute Gasteiger partial charge is 0.480 e. The lowest BCUT2D eigenvalue weighted by atomic mass is 9.91. The van der Waals surface area contributed by atoms with E-state index in [2.05, 4.69) is 29.6 Å². The van der Waals surface area contributed by atoms with Gasteiger partial charge in [0.2, 0.25) is 5.91 Å². The molecule has 1 aliphatic carbocycles. The molecule has 1 saturated heterocycles. The van der Waals surface area contributed by atoms with Crippen LogP contribution in [0.3, 0.4) is 0 Å². The number of hydrogen-bond acceptors (Lipinski definition) is 4. The van der Waals surface area contributed by atoms with E-state index in [4.69, 9.17) is 4.74 Å². The van der Waals surface area contributed by atoms with E-state index in [0.29, 0.717) is 13.0 Å². The Morgan fingerprint density at radius 3 is 2.24 bits per heavy atom. The Morgan fingerprint density at radius 2 is 1.65 bits per heavy atom. The molecular formula is C27H32N2O5. The number of benzene rings is 2. The molecule has 0 saturated carbocycles. The molecule has 0 aromatic heterocycles. The molecule has 2 aromatic carbocycles. The number of likely N-dealkylation sites (tertiary alicyclic amines) is 1. The summed E-state index contributed by atoms with van der Waals surface area (Å²) in [5.41, 5.74) is 4.59. The summed E-state index contributed by atoms with van der Waals surface area (Å²) in [4.78, 5) is 38.8. The van der Waals surface area contributed by atoms with Gasteiger partial charge in [0.05, 0.1) is 5.92 Å². The van der Waals surface area contributed by atoms with Crippen LogP contribution in [0, 0.1) is 11.8 Å². The highest BCUT2D eigenvalue weighted by molar-refractivity contribution is 5.86. The van der Waals surface area contributed by atoms with E-state index in [-0.39, 0.29) is 30.9 Å². The van der Waals surface area contributed by atoms with Gasteiger partial charge in [-0.2, -0.15) is 0 Å². The first-order valence-corrected chi connectivity index (χ1v) is 12.0. The molecule has 2 atom stereocenters. The molecule has 7 nitrogen and oxygen atoms in total. The average molecular weight is 465 g/mol. The zero-order valence-corrected chi connectivity index (χ0v) is 19.7. The van der Waals surface area contributed by atoms with Crippen LogP contribution in [-0.2, 0) is 14.3 Å². The predicted octanol–water partition coefficient (Wildman–Crippen LogP) is 4.26. The molecule has 7 heteroatoms. The first-order valence-electron chi connectivity index (χ1n) is 12.0. The maximum absolute atomic E-state index is 13.2. The van der Waals surface area contributed by atoms with Crippen LogP contribution in [0.1, 0.15) is 50.2 Å². The van der Waals surface area contributed by atoms with Gasteiger partial charge in [0.1, 0.15) is 12.6 Å². The van der Waals surface area contributed by atoms with Gasteiger partial charge in [-0.05, 0) is 47.4 Å².